The lowest BCUT2D eigenvalue weighted by molar-refractivity contribution is -0.385. The Hall–Kier alpha value is -3.28. The summed E-state index contributed by atoms with van der Waals surface area (Å²) in [6.07, 6.45) is 9.51. The first-order chi connectivity index (χ1) is 11.6. The summed E-state index contributed by atoms with van der Waals surface area (Å²) < 4.78 is 0. The Morgan fingerprint density at radius 3 is 1.29 bits per heavy atom. The van der Waals surface area contributed by atoms with Crippen molar-refractivity contribution in [1.29, 1.82) is 0 Å². The third-order valence-electron chi connectivity index (χ3n) is 3.33. The van der Waals surface area contributed by atoms with Crippen LogP contribution in [0.3, 0.4) is 0 Å². The van der Waals surface area contributed by atoms with Crippen molar-refractivity contribution in [3.8, 4) is 0 Å². The number of allylic oxidation sites excluding steroid dienone is 2. The van der Waals surface area contributed by atoms with Crippen molar-refractivity contribution in [2.75, 3.05) is 0 Å². The third kappa shape index (κ3) is 5.17. The van der Waals surface area contributed by atoms with Gasteiger partial charge in [0.1, 0.15) is 0 Å². The molecule has 0 atom stereocenters. The molecule has 6 nitrogen and oxygen atoms in total. The molecule has 0 aliphatic rings. The standard InChI is InChI=1S/C18H16N2O4/c21-19(22)17-11-7-15(8-12-17)5-3-1-2-4-6-16-9-13-18(14-10-16)20(23)24/h3-14H,1-2H2/b5-3+,6-4+. The molecule has 0 spiro atoms. The molecule has 0 unspecified atom stereocenters. The summed E-state index contributed by atoms with van der Waals surface area (Å²) >= 11 is 0. The van der Waals surface area contributed by atoms with E-state index in [2.05, 4.69) is 0 Å². The van der Waals surface area contributed by atoms with Crippen LogP contribution in [0.5, 0.6) is 0 Å². The van der Waals surface area contributed by atoms with Gasteiger partial charge in [0, 0.05) is 24.3 Å². The molecule has 0 saturated carbocycles. The van der Waals surface area contributed by atoms with E-state index in [-0.39, 0.29) is 11.4 Å². The van der Waals surface area contributed by atoms with Gasteiger partial charge in [-0.1, -0.05) is 24.3 Å². The number of nitrogens with zero attached hydrogens (tertiary/aromatic N) is 2. The average molecular weight is 324 g/mol. The van der Waals surface area contributed by atoms with Gasteiger partial charge in [-0.25, -0.2) is 0 Å². The van der Waals surface area contributed by atoms with Crippen molar-refractivity contribution in [2.24, 2.45) is 0 Å². The van der Waals surface area contributed by atoms with Crippen molar-refractivity contribution >= 4 is 23.5 Å². The van der Waals surface area contributed by atoms with Crippen LogP contribution in [0.2, 0.25) is 0 Å². The molecule has 0 N–H and O–H groups in total. The summed E-state index contributed by atoms with van der Waals surface area (Å²) in [5.74, 6) is 0. The zero-order valence-electron chi connectivity index (χ0n) is 12.9. The Kier molecular flexibility index (Phi) is 5.96. The maximum Gasteiger partial charge on any atom is 0.269 e. The van der Waals surface area contributed by atoms with Gasteiger partial charge in [-0.15, -0.1) is 0 Å². The van der Waals surface area contributed by atoms with Gasteiger partial charge in [0.2, 0.25) is 0 Å². The van der Waals surface area contributed by atoms with Crippen molar-refractivity contribution in [3.05, 3.63) is 92.0 Å². The van der Waals surface area contributed by atoms with Gasteiger partial charge in [0.15, 0.2) is 0 Å². The van der Waals surface area contributed by atoms with Gasteiger partial charge in [-0.2, -0.15) is 0 Å². The Morgan fingerprint density at radius 2 is 1.00 bits per heavy atom. The van der Waals surface area contributed by atoms with Gasteiger partial charge in [0.05, 0.1) is 9.85 Å². The highest BCUT2D eigenvalue weighted by Gasteiger charge is 2.02. The molecule has 0 bridgehead atoms. The number of hydrogen-bond acceptors (Lipinski definition) is 4. The minimum atomic E-state index is -0.420. The number of hydrogen-bond donors (Lipinski definition) is 0. The van der Waals surface area contributed by atoms with Gasteiger partial charge in [0.25, 0.3) is 11.4 Å². The predicted molar refractivity (Wildman–Crippen MR) is 93.5 cm³/mol. The van der Waals surface area contributed by atoms with E-state index in [0.29, 0.717) is 0 Å². The third-order valence-corrected chi connectivity index (χ3v) is 3.33. The fourth-order valence-corrected chi connectivity index (χ4v) is 2.05. The molecule has 2 aromatic rings. The Morgan fingerprint density at radius 1 is 0.667 bits per heavy atom. The van der Waals surface area contributed by atoms with E-state index < -0.39 is 9.85 Å². The topological polar surface area (TPSA) is 86.3 Å². The van der Waals surface area contributed by atoms with Crippen LogP contribution in [0.4, 0.5) is 11.4 Å². The summed E-state index contributed by atoms with van der Waals surface area (Å²) in [6, 6.07) is 12.8. The van der Waals surface area contributed by atoms with Crippen LogP contribution < -0.4 is 0 Å². The second kappa shape index (κ2) is 8.38. The highest BCUT2D eigenvalue weighted by Crippen LogP contribution is 2.14. The molecule has 0 fully saturated rings. The van der Waals surface area contributed by atoms with Crippen LogP contribution in [-0.4, -0.2) is 9.85 Å². The van der Waals surface area contributed by atoms with Crippen LogP contribution in [0.15, 0.2) is 60.7 Å². The second-order valence-electron chi connectivity index (χ2n) is 5.08. The van der Waals surface area contributed by atoms with Gasteiger partial charge >= 0.3 is 0 Å². The van der Waals surface area contributed by atoms with Gasteiger partial charge in [-0.05, 0) is 48.2 Å². The lowest BCUT2D eigenvalue weighted by Crippen LogP contribution is -1.86. The minimum absolute atomic E-state index is 0.0816. The zero-order valence-corrected chi connectivity index (χ0v) is 12.9. The quantitative estimate of drug-likeness (QED) is 0.407. The Balaban J connectivity index is 1.79. The van der Waals surface area contributed by atoms with Crippen LogP contribution in [0, 0.1) is 20.2 Å². The van der Waals surface area contributed by atoms with Crippen LogP contribution >= 0.6 is 0 Å². The number of nitro benzene ring substituents is 2. The van der Waals surface area contributed by atoms with Crippen molar-refractivity contribution in [2.45, 2.75) is 12.8 Å². The number of rotatable bonds is 7. The monoisotopic (exact) mass is 324 g/mol. The van der Waals surface area contributed by atoms with E-state index in [1.54, 1.807) is 24.3 Å². The first kappa shape index (κ1) is 17.1. The molecule has 0 aliphatic heterocycles. The molecule has 122 valence electrons. The normalized spacial score (nSPS) is 11.2. The molecular weight excluding hydrogens is 308 g/mol. The summed E-state index contributed by atoms with van der Waals surface area (Å²) in [7, 11) is 0. The van der Waals surface area contributed by atoms with Crippen molar-refractivity contribution < 1.29 is 9.85 Å². The Labute approximate surface area is 139 Å². The fourth-order valence-electron chi connectivity index (χ4n) is 2.05. The molecule has 0 saturated heterocycles. The number of non-ortho nitro benzene ring substituents is 2. The maximum atomic E-state index is 10.6. The Bertz CT molecular complexity index is 695. The molecular formula is C18H16N2O4. The van der Waals surface area contributed by atoms with E-state index in [1.807, 2.05) is 24.3 Å². The number of nitro groups is 2. The molecule has 2 aromatic carbocycles. The molecule has 0 radical (unpaired) electrons. The molecule has 0 heterocycles. The molecule has 24 heavy (non-hydrogen) atoms. The van der Waals surface area contributed by atoms with Crippen LogP contribution in [-0.2, 0) is 0 Å². The lowest BCUT2D eigenvalue weighted by Gasteiger charge is -1.94. The van der Waals surface area contributed by atoms with E-state index in [1.165, 1.54) is 24.3 Å². The lowest BCUT2D eigenvalue weighted by atomic mass is 10.1. The number of benzene rings is 2. The molecule has 6 heteroatoms. The minimum Gasteiger partial charge on any atom is -0.258 e. The van der Waals surface area contributed by atoms with Crippen LogP contribution in [0.1, 0.15) is 24.0 Å². The highest BCUT2D eigenvalue weighted by molar-refractivity contribution is 5.53. The van der Waals surface area contributed by atoms with Gasteiger partial charge < -0.3 is 0 Å². The SMILES string of the molecule is O=[N+]([O-])c1ccc(/C=C/CC/C=C/c2ccc([N+](=O)[O-])cc2)cc1. The molecule has 0 amide bonds. The van der Waals surface area contributed by atoms with E-state index >= 15 is 0 Å². The van der Waals surface area contributed by atoms with E-state index in [0.717, 1.165) is 24.0 Å². The van der Waals surface area contributed by atoms with E-state index in [9.17, 15) is 20.2 Å². The van der Waals surface area contributed by atoms with Crippen molar-refractivity contribution in [1.82, 2.24) is 0 Å². The van der Waals surface area contributed by atoms with Crippen LogP contribution in [0.25, 0.3) is 12.2 Å². The average Bonchev–Trinajstić information content (AvgIpc) is 2.58. The van der Waals surface area contributed by atoms with E-state index in [4.69, 9.17) is 0 Å². The molecule has 0 aromatic heterocycles. The predicted octanol–water partition coefficient (Wildman–Crippen LogP) is 5.01. The molecule has 0 aliphatic carbocycles. The smallest absolute Gasteiger partial charge is 0.258 e. The summed E-state index contributed by atoms with van der Waals surface area (Å²) in [4.78, 5) is 20.3. The summed E-state index contributed by atoms with van der Waals surface area (Å²) in [5.41, 5.74) is 2.00. The van der Waals surface area contributed by atoms with Crippen molar-refractivity contribution in [3.63, 3.8) is 0 Å². The molecule has 2 rings (SSSR count). The first-order valence-corrected chi connectivity index (χ1v) is 7.38. The fraction of sp³-hybridized carbons (Fsp3) is 0.111. The van der Waals surface area contributed by atoms with Gasteiger partial charge in [-0.3, -0.25) is 20.2 Å². The largest absolute Gasteiger partial charge is 0.269 e. The first-order valence-electron chi connectivity index (χ1n) is 7.38. The maximum absolute atomic E-state index is 10.6. The summed E-state index contributed by atoms with van der Waals surface area (Å²) in [6.45, 7) is 0. The second-order valence-corrected chi connectivity index (χ2v) is 5.08. The summed E-state index contributed by atoms with van der Waals surface area (Å²) in [5, 5.41) is 21.1. The number of unbranched alkanes of at least 4 members (excludes halogenated alkanes) is 1. The zero-order chi connectivity index (χ0) is 17.4. The highest BCUT2D eigenvalue weighted by atomic mass is 16.6.